The molecule has 1 aliphatic rings. The van der Waals surface area contributed by atoms with Gasteiger partial charge in [-0.1, -0.05) is 0 Å². The third-order valence-corrected chi connectivity index (χ3v) is 3.40. The van der Waals surface area contributed by atoms with Crippen molar-refractivity contribution in [3.05, 3.63) is 29.8 Å². The molecule has 2 aromatic rings. The van der Waals surface area contributed by atoms with Crippen molar-refractivity contribution in [1.29, 1.82) is 0 Å². The molecule has 0 bridgehead atoms. The molecule has 5 nitrogen and oxygen atoms in total. The molecular formula is C13H14FN3O2. The van der Waals surface area contributed by atoms with Gasteiger partial charge in [-0.15, -0.1) is 0 Å². The number of carbonyl (C=O) groups excluding carboxylic acids is 1. The van der Waals surface area contributed by atoms with E-state index >= 15 is 0 Å². The molecule has 2 heterocycles. The average molecular weight is 263 g/mol. The number of amides is 1. The predicted molar refractivity (Wildman–Crippen MR) is 67.2 cm³/mol. The second-order valence-corrected chi connectivity index (χ2v) is 4.80. The zero-order valence-corrected chi connectivity index (χ0v) is 10.3. The van der Waals surface area contributed by atoms with Gasteiger partial charge < -0.3 is 15.0 Å². The Labute approximate surface area is 109 Å². The summed E-state index contributed by atoms with van der Waals surface area (Å²) in [6, 6.07) is 2.51. The van der Waals surface area contributed by atoms with E-state index in [4.69, 9.17) is 0 Å². The molecule has 0 radical (unpaired) electrons. The monoisotopic (exact) mass is 263 g/mol. The highest BCUT2D eigenvalue weighted by atomic mass is 19.1. The largest absolute Gasteiger partial charge is 0.391 e. The van der Waals surface area contributed by atoms with Crippen molar-refractivity contribution in [2.45, 2.75) is 18.9 Å². The summed E-state index contributed by atoms with van der Waals surface area (Å²) in [5, 5.41) is 9.61. The van der Waals surface area contributed by atoms with Crippen molar-refractivity contribution in [2.24, 2.45) is 0 Å². The fraction of sp³-hybridized carbons (Fsp3) is 0.385. The van der Waals surface area contributed by atoms with E-state index in [-0.39, 0.29) is 11.5 Å². The fourth-order valence-electron chi connectivity index (χ4n) is 2.49. The quantitative estimate of drug-likeness (QED) is 0.814. The third kappa shape index (κ3) is 2.19. The second-order valence-electron chi connectivity index (χ2n) is 4.80. The smallest absolute Gasteiger partial charge is 0.256 e. The summed E-state index contributed by atoms with van der Waals surface area (Å²) < 4.78 is 13.5. The Balaban J connectivity index is 1.99. The maximum Gasteiger partial charge on any atom is 0.256 e. The first-order valence-corrected chi connectivity index (χ1v) is 6.25. The van der Waals surface area contributed by atoms with E-state index in [0.29, 0.717) is 30.5 Å². The number of hydrogen-bond acceptors (Lipinski definition) is 3. The third-order valence-electron chi connectivity index (χ3n) is 3.40. The van der Waals surface area contributed by atoms with Crippen LogP contribution < -0.4 is 0 Å². The summed E-state index contributed by atoms with van der Waals surface area (Å²) in [6.07, 6.45) is 2.39. The Morgan fingerprint density at radius 1 is 1.53 bits per heavy atom. The highest BCUT2D eigenvalue weighted by Gasteiger charge is 2.25. The van der Waals surface area contributed by atoms with Gasteiger partial charge in [0.15, 0.2) is 0 Å². The van der Waals surface area contributed by atoms with E-state index in [1.165, 1.54) is 18.5 Å². The van der Waals surface area contributed by atoms with Gasteiger partial charge in [0.2, 0.25) is 0 Å². The zero-order chi connectivity index (χ0) is 13.4. The maximum atomic E-state index is 13.5. The van der Waals surface area contributed by atoms with E-state index < -0.39 is 11.9 Å². The van der Waals surface area contributed by atoms with Crippen LogP contribution in [0.4, 0.5) is 4.39 Å². The van der Waals surface area contributed by atoms with Crippen LogP contribution in [0.5, 0.6) is 0 Å². The number of aromatic nitrogens is 2. The van der Waals surface area contributed by atoms with Gasteiger partial charge in [-0.3, -0.25) is 4.79 Å². The first-order chi connectivity index (χ1) is 9.15. The number of nitrogens with zero attached hydrogens (tertiary/aromatic N) is 2. The molecule has 19 heavy (non-hydrogen) atoms. The minimum atomic E-state index is -0.499. The lowest BCUT2D eigenvalue weighted by Gasteiger charge is -2.30. The number of benzene rings is 1. The SMILES string of the molecule is O=C(c1cc(F)cc2[nH]cnc12)N1CCCC(O)C1. The lowest BCUT2D eigenvalue weighted by molar-refractivity contribution is 0.0475. The van der Waals surface area contributed by atoms with Crippen molar-refractivity contribution in [3.63, 3.8) is 0 Å². The van der Waals surface area contributed by atoms with Gasteiger partial charge in [0.25, 0.3) is 5.91 Å². The molecule has 2 N–H and O–H groups in total. The highest BCUT2D eigenvalue weighted by molar-refractivity contribution is 6.04. The normalized spacial score (nSPS) is 19.9. The summed E-state index contributed by atoms with van der Waals surface area (Å²) >= 11 is 0. The summed E-state index contributed by atoms with van der Waals surface area (Å²) in [6.45, 7) is 0.875. The van der Waals surface area contributed by atoms with Crippen molar-refractivity contribution in [2.75, 3.05) is 13.1 Å². The van der Waals surface area contributed by atoms with Crippen LogP contribution in [0.3, 0.4) is 0 Å². The van der Waals surface area contributed by atoms with Crippen molar-refractivity contribution < 1.29 is 14.3 Å². The number of piperidine rings is 1. The predicted octanol–water partition coefficient (Wildman–Crippen LogP) is 1.30. The molecule has 0 spiro atoms. The molecule has 1 fully saturated rings. The lowest BCUT2D eigenvalue weighted by Crippen LogP contribution is -2.42. The Hall–Kier alpha value is -1.95. The minimum absolute atomic E-state index is 0.241. The maximum absolute atomic E-state index is 13.5. The fourth-order valence-corrected chi connectivity index (χ4v) is 2.49. The van der Waals surface area contributed by atoms with E-state index in [0.717, 1.165) is 6.42 Å². The molecule has 1 atom stereocenters. The van der Waals surface area contributed by atoms with Gasteiger partial charge in [0.1, 0.15) is 11.3 Å². The summed E-state index contributed by atoms with van der Waals surface area (Å²) in [5.41, 5.74) is 1.21. The first-order valence-electron chi connectivity index (χ1n) is 6.25. The summed E-state index contributed by atoms with van der Waals surface area (Å²) in [7, 11) is 0. The number of hydrogen-bond donors (Lipinski definition) is 2. The van der Waals surface area contributed by atoms with Crippen LogP contribution in [-0.4, -0.2) is 45.1 Å². The molecule has 1 aliphatic heterocycles. The molecule has 1 aromatic heterocycles. The standard InChI is InChI=1S/C13H14FN3O2/c14-8-4-10(12-11(5-8)15-7-16-12)13(19)17-3-1-2-9(18)6-17/h4-5,7,9,18H,1-3,6H2,(H,15,16). The van der Waals surface area contributed by atoms with E-state index in [1.807, 2.05) is 0 Å². The molecule has 1 amide bonds. The number of aromatic amines is 1. The van der Waals surface area contributed by atoms with Crippen LogP contribution in [0.15, 0.2) is 18.5 Å². The number of fused-ring (bicyclic) bond motifs is 1. The molecular weight excluding hydrogens is 249 g/mol. The van der Waals surface area contributed by atoms with Gasteiger partial charge >= 0.3 is 0 Å². The van der Waals surface area contributed by atoms with Gasteiger partial charge in [0.05, 0.1) is 23.5 Å². The number of likely N-dealkylation sites (tertiary alicyclic amines) is 1. The van der Waals surface area contributed by atoms with Gasteiger partial charge in [0, 0.05) is 13.1 Å². The summed E-state index contributed by atoms with van der Waals surface area (Å²) in [5.74, 6) is -0.756. The molecule has 1 aromatic carbocycles. The average Bonchev–Trinajstić information content (AvgIpc) is 2.85. The molecule has 100 valence electrons. The van der Waals surface area contributed by atoms with Crippen LogP contribution in [-0.2, 0) is 0 Å². The number of aliphatic hydroxyl groups excluding tert-OH is 1. The Morgan fingerprint density at radius 2 is 2.37 bits per heavy atom. The zero-order valence-electron chi connectivity index (χ0n) is 10.3. The number of nitrogens with one attached hydrogen (secondary N) is 1. The highest BCUT2D eigenvalue weighted by Crippen LogP contribution is 2.21. The molecule has 0 saturated carbocycles. The summed E-state index contributed by atoms with van der Waals surface area (Å²) in [4.78, 5) is 20.8. The number of halogens is 1. The molecule has 0 aliphatic carbocycles. The minimum Gasteiger partial charge on any atom is -0.391 e. The van der Waals surface area contributed by atoms with Crippen molar-refractivity contribution >= 4 is 16.9 Å². The van der Waals surface area contributed by atoms with Crippen molar-refractivity contribution in [3.8, 4) is 0 Å². The second kappa shape index (κ2) is 4.62. The van der Waals surface area contributed by atoms with Crippen LogP contribution in [0.2, 0.25) is 0 Å². The first kappa shape index (κ1) is 12.1. The Bertz CT molecular complexity index is 625. The van der Waals surface area contributed by atoms with E-state index in [9.17, 15) is 14.3 Å². The molecule has 3 rings (SSSR count). The Morgan fingerprint density at radius 3 is 3.16 bits per heavy atom. The van der Waals surface area contributed by atoms with Crippen LogP contribution in [0.1, 0.15) is 23.2 Å². The number of H-pyrrole nitrogens is 1. The molecule has 1 saturated heterocycles. The van der Waals surface area contributed by atoms with Crippen molar-refractivity contribution in [1.82, 2.24) is 14.9 Å². The van der Waals surface area contributed by atoms with Crippen LogP contribution in [0.25, 0.3) is 11.0 Å². The number of rotatable bonds is 1. The van der Waals surface area contributed by atoms with E-state index in [2.05, 4.69) is 9.97 Å². The number of β-amino-alcohol motifs (C(OH)–C–C–N with tert-alkyl or cyclic N) is 1. The lowest BCUT2D eigenvalue weighted by atomic mass is 10.1. The number of imidazole rings is 1. The Kier molecular flexibility index (Phi) is 2.94. The molecule has 6 heteroatoms. The van der Waals surface area contributed by atoms with Crippen LogP contribution in [0, 0.1) is 5.82 Å². The van der Waals surface area contributed by atoms with Crippen LogP contribution >= 0.6 is 0 Å². The van der Waals surface area contributed by atoms with Gasteiger partial charge in [-0.05, 0) is 25.0 Å². The number of carbonyl (C=O) groups is 1. The molecule has 1 unspecified atom stereocenters. The van der Waals surface area contributed by atoms with E-state index in [1.54, 1.807) is 4.90 Å². The van der Waals surface area contributed by atoms with Gasteiger partial charge in [-0.2, -0.15) is 0 Å². The topological polar surface area (TPSA) is 69.2 Å². The number of aliphatic hydroxyl groups is 1. The van der Waals surface area contributed by atoms with Gasteiger partial charge in [-0.25, -0.2) is 9.37 Å².